The molecule has 28 heavy (non-hydrogen) atoms. The summed E-state index contributed by atoms with van der Waals surface area (Å²) in [7, 11) is 0. The second-order valence-electron chi connectivity index (χ2n) is 8.19. The van der Waals surface area contributed by atoms with E-state index in [1.165, 1.54) is 18.4 Å². The Morgan fingerprint density at radius 1 is 1.04 bits per heavy atom. The summed E-state index contributed by atoms with van der Waals surface area (Å²) in [6.45, 7) is 2.98. The van der Waals surface area contributed by atoms with Crippen molar-refractivity contribution < 1.29 is 9.63 Å². The first-order valence-electron chi connectivity index (χ1n) is 10.6. The van der Waals surface area contributed by atoms with Gasteiger partial charge in [-0.3, -0.25) is 4.79 Å². The van der Waals surface area contributed by atoms with Crippen molar-refractivity contribution in [1.29, 1.82) is 0 Å². The van der Waals surface area contributed by atoms with E-state index in [1.54, 1.807) is 0 Å². The largest absolute Gasteiger partial charge is 0.408 e. The van der Waals surface area contributed by atoms with E-state index in [4.69, 9.17) is 4.84 Å². The molecule has 2 aromatic rings. The lowest BCUT2D eigenvalue weighted by atomic mass is 9.89. The first-order valence-corrected chi connectivity index (χ1v) is 10.6. The second-order valence-corrected chi connectivity index (χ2v) is 8.19. The molecule has 2 N–H and O–H groups in total. The Kier molecular flexibility index (Phi) is 6.40. The molecule has 2 aliphatic heterocycles. The van der Waals surface area contributed by atoms with Gasteiger partial charge in [0.05, 0.1) is 0 Å². The second kappa shape index (κ2) is 9.35. The van der Waals surface area contributed by atoms with E-state index >= 15 is 0 Å². The van der Waals surface area contributed by atoms with Gasteiger partial charge in [-0.15, -0.1) is 0 Å². The van der Waals surface area contributed by atoms with Crippen LogP contribution in [0.5, 0.6) is 5.75 Å². The smallest absolute Gasteiger partial charge is 0.162 e. The number of rotatable bonds is 6. The van der Waals surface area contributed by atoms with E-state index in [0.29, 0.717) is 18.3 Å². The van der Waals surface area contributed by atoms with Crippen molar-refractivity contribution >= 4 is 5.78 Å². The maximum Gasteiger partial charge on any atom is 0.162 e. The Hall–Kier alpha value is -2.17. The highest BCUT2D eigenvalue weighted by molar-refractivity contribution is 5.96. The van der Waals surface area contributed by atoms with Crippen molar-refractivity contribution in [3.05, 3.63) is 65.2 Å². The number of fused-ring (bicyclic) bond motifs is 1. The maximum atomic E-state index is 12.8. The van der Waals surface area contributed by atoms with Crippen LogP contribution in [0.3, 0.4) is 0 Å². The zero-order valence-electron chi connectivity index (χ0n) is 16.5. The molecule has 2 heterocycles. The van der Waals surface area contributed by atoms with Crippen LogP contribution in [0.25, 0.3) is 0 Å². The zero-order valence-corrected chi connectivity index (χ0v) is 16.5. The SMILES string of the molecule is O=C(CCC1CCNCC1)c1ccc2c(c1)CC(Cc1ccccc1)CNO2. The van der Waals surface area contributed by atoms with Crippen LogP contribution in [-0.2, 0) is 12.8 Å². The molecule has 1 saturated heterocycles. The summed E-state index contributed by atoms with van der Waals surface area (Å²) in [4.78, 5) is 18.5. The third kappa shape index (κ3) is 5.00. The van der Waals surface area contributed by atoms with Crippen LogP contribution in [0.1, 0.15) is 47.2 Å². The topological polar surface area (TPSA) is 50.4 Å². The molecular weight excluding hydrogens is 348 g/mol. The minimum Gasteiger partial charge on any atom is -0.408 e. The molecule has 148 valence electrons. The van der Waals surface area contributed by atoms with Gasteiger partial charge in [0.1, 0.15) is 5.75 Å². The van der Waals surface area contributed by atoms with E-state index in [9.17, 15) is 4.79 Å². The number of hydrogen-bond acceptors (Lipinski definition) is 4. The van der Waals surface area contributed by atoms with E-state index in [2.05, 4.69) is 47.2 Å². The summed E-state index contributed by atoms with van der Waals surface area (Å²) < 4.78 is 0. The lowest BCUT2D eigenvalue weighted by Crippen LogP contribution is -2.28. The summed E-state index contributed by atoms with van der Waals surface area (Å²) in [5.74, 6) is 2.25. The van der Waals surface area contributed by atoms with Crippen LogP contribution in [0.2, 0.25) is 0 Å². The van der Waals surface area contributed by atoms with Crippen LogP contribution in [0.15, 0.2) is 48.5 Å². The Balaban J connectivity index is 1.40. The van der Waals surface area contributed by atoms with Gasteiger partial charge in [0.25, 0.3) is 0 Å². The Bertz CT molecular complexity index is 784. The fourth-order valence-corrected chi connectivity index (χ4v) is 4.37. The minimum atomic E-state index is 0.262. The van der Waals surface area contributed by atoms with E-state index in [-0.39, 0.29) is 5.78 Å². The predicted molar refractivity (Wildman–Crippen MR) is 112 cm³/mol. The molecule has 0 aromatic heterocycles. The Labute approximate surface area is 167 Å². The minimum absolute atomic E-state index is 0.262. The molecule has 1 unspecified atom stereocenters. The quantitative estimate of drug-likeness (QED) is 0.748. The van der Waals surface area contributed by atoms with Crippen molar-refractivity contribution in [2.45, 2.75) is 38.5 Å². The zero-order chi connectivity index (χ0) is 19.2. The molecule has 1 fully saturated rings. The normalized spacial score (nSPS) is 20.1. The third-order valence-corrected chi connectivity index (χ3v) is 6.05. The lowest BCUT2D eigenvalue weighted by Gasteiger charge is -2.22. The average molecular weight is 379 g/mol. The fourth-order valence-electron chi connectivity index (χ4n) is 4.37. The Morgan fingerprint density at radius 3 is 2.68 bits per heavy atom. The monoisotopic (exact) mass is 378 g/mol. The van der Waals surface area contributed by atoms with Gasteiger partial charge in [-0.1, -0.05) is 30.3 Å². The molecule has 0 saturated carbocycles. The molecule has 0 radical (unpaired) electrons. The molecule has 0 amide bonds. The average Bonchev–Trinajstić information content (AvgIpc) is 2.94. The van der Waals surface area contributed by atoms with Crippen LogP contribution in [0.4, 0.5) is 0 Å². The molecule has 4 heteroatoms. The summed E-state index contributed by atoms with van der Waals surface area (Å²) in [5.41, 5.74) is 6.41. The van der Waals surface area contributed by atoms with Gasteiger partial charge >= 0.3 is 0 Å². The van der Waals surface area contributed by atoms with Gasteiger partial charge in [-0.05, 0) is 86.4 Å². The predicted octanol–water partition coefficient (Wildman–Crippen LogP) is 3.95. The number of ketones is 1. The maximum absolute atomic E-state index is 12.8. The van der Waals surface area contributed by atoms with Crippen LogP contribution >= 0.6 is 0 Å². The van der Waals surface area contributed by atoms with Crippen molar-refractivity contribution in [3.8, 4) is 5.75 Å². The molecule has 2 aromatic carbocycles. The van der Waals surface area contributed by atoms with Crippen LogP contribution < -0.4 is 15.6 Å². The number of carbonyl (C=O) groups is 1. The number of hydroxylamine groups is 1. The molecule has 0 aliphatic carbocycles. The van der Waals surface area contributed by atoms with Gasteiger partial charge in [0.15, 0.2) is 5.78 Å². The van der Waals surface area contributed by atoms with Gasteiger partial charge in [0.2, 0.25) is 0 Å². The summed E-state index contributed by atoms with van der Waals surface area (Å²) in [6.07, 6.45) is 5.97. The van der Waals surface area contributed by atoms with Crippen LogP contribution in [0, 0.1) is 11.8 Å². The lowest BCUT2D eigenvalue weighted by molar-refractivity contribution is 0.0970. The number of benzene rings is 2. The van der Waals surface area contributed by atoms with Gasteiger partial charge in [-0.2, -0.15) is 5.48 Å². The van der Waals surface area contributed by atoms with E-state index in [0.717, 1.165) is 55.8 Å². The Morgan fingerprint density at radius 2 is 1.86 bits per heavy atom. The van der Waals surface area contributed by atoms with Crippen molar-refractivity contribution in [2.24, 2.45) is 11.8 Å². The molecule has 4 rings (SSSR count). The van der Waals surface area contributed by atoms with Gasteiger partial charge < -0.3 is 10.2 Å². The van der Waals surface area contributed by atoms with Gasteiger partial charge in [0, 0.05) is 18.5 Å². The fraction of sp³-hybridized carbons (Fsp3) is 0.458. The van der Waals surface area contributed by atoms with Crippen molar-refractivity contribution in [3.63, 3.8) is 0 Å². The summed E-state index contributed by atoms with van der Waals surface area (Å²) in [5, 5.41) is 3.39. The highest BCUT2D eigenvalue weighted by Crippen LogP contribution is 2.28. The van der Waals surface area contributed by atoms with Crippen molar-refractivity contribution in [2.75, 3.05) is 19.6 Å². The molecule has 0 spiro atoms. The third-order valence-electron chi connectivity index (χ3n) is 6.05. The number of Topliss-reactive ketones (excluding diaryl/α,β-unsaturated/α-hetero) is 1. The highest BCUT2D eigenvalue weighted by Gasteiger charge is 2.21. The number of piperidine rings is 1. The summed E-state index contributed by atoms with van der Waals surface area (Å²) >= 11 is 0. The molecule has 2 aliphatic rings. The standard InChI is InChI=1S/C24H30N2O2/c27-23(8-6-18-10-12-25-13-11-18)21-7-9-24-22(16-21)15-20(17-26-28-24)14-19-4-2-1-3-5-19/h1-5,7,9,16,18,20,25-26H,6,8,10-15,17H2. The first-order chi connectivity index (χ1) is 13.8. The summed E-state index contributed by atoms with van der Waals surface area (Å²) in [6, 6.07) is 16.5. The molecular formula is C24H30N2O2. The number of hydrogen-bond donors (Lipinski definition) is 2. The van der Waals surface area contributed by atoms with Gasteiger partial charge in [-0.25, -0.2) is 0 Å². The molecule has 0 bridgehead atoms. The molecule has 4 nitrogen and oxygen atoms in total. The first kappa shape index (κ1) is 19.2. The van der Waals surface area contributed by atoms with Crippen LogP contribution in [-0.4, -0.2) is 25.4 Å². The number of carbonyl (C=O) groups excluding carboxylic acids is 1. The molecule has 1 atom stereocenters. The van der Waals surface area contributed by atoms with E-state index < -0.39 is 0 Å². The highest BCUT2D eigenvalue weighted by atomic mass is 16.6. The van der Waals surface area contributed by atoms with Crippen molar-refractivity contribution in [1.82, 2.24) is 10.8 Å². The van der Waals surface area contributed by atoms with E-state index in [1.807, 2.05) is 12.1 Å². The number of nitrogens with one attached hydrogen (secondary N) is 2.